The maximum absolute atomic E-state index is 13.6. The van der Waals surface area contributed by atoms with Gasteiger partial charge in [-0.15, -0.1) is 5.10 Å². The van der Waals surface area contributed by atoms with Crippen molar-refractivity contribution in [3.8, 4) is 5.75 Å². The van der Waals surface area contributed by atoms with E-state index in [1.54, 1.807) is 0 Å². The Morgan fingerprint density at radius 2 is 1.92 bits per heavy atom. The third-order valence-electron chi connectivity index (χ3n) is 6.99. The van der Waals surface area contributed by atoms with Crippen LogP contribution in [0.5, 0.6) is 5.75 Å². The molecule has 2 aromatic carbocycles. The number of tetrazole rings is 1. The number of aromatic nitrogens is 5. The molecule has 1 N–H and O–H groups in total. The van der Waals surface area contributed by atoms with Gasteiger partial charge in [-0.1, -0.05) is 50.1 Å². The minimum atomic E-state index is -0.385. The molecule has 8 heteroatoms. The summed E-state index contributed by atoms with van der Waals surface area (Å²) in [6.45, 7) is 6.20. The third-order valence-corrected chi connectivity index (χ3v) is 6.99. The second-order valence-corrected chi connectivity index (χ2v) is 9.51. The van der Waals surface area contributed by atoms with E-state index >= 15 is 0 Å². The van der Waals surface area contributed by atoms with Crippen LogP contribution < -0.4 is 10.3 Å². The number of nitrogens with zero attached hydrogens (tertiary/aromatic N) is 5. The standard InChI is InChI=1S/C28H34N6O2/c1-3-16-33(19-20-10-6-5-7-11-20)26(27-30-31-32-34(27)22-12-8-9-13-22)24-18-21-17-23(36-4-2)14-15-25(21)29-28(24)35/h5-7,10-11,14-15,17-18,22,26H,3-4,8-9,12-13,16,19H2,1-2H3,(H,29,35). The summed E-state index contributed by atoms with van der Waals surface area (Å²) >= 11 is 0. The number of rotatable bonds is 10. The summed E-state index contributed by atoms with van der Waals surface area (Å²) in [5, 5.41) is 14.0. The highest BCUT2D eigenvalue weighted by Gasteiger charge is 2.33. The number of hydrogen-bond acceptors (Lipinski definition) is 6. The van der Waals surface area contributed by atoms with E-state index in [0.29, 0.717) is 18.7 Å². The lowest BCUT2D eigenvalue weighted by Crippen LogP contribution is -2.36. The molecule has 188 valence electrons. The zero-order valence-electron chi connectivity index (χ0n) is 21.1. The number of benzene rings is 2. The van der Waals surface area contributed by atoms with Crippen molar-refractivity contribution < 1.29 is 4.74 Å². The highest BCUT2D eigenvalue weighted by molar-refractivity contribution is 5.80. The van der Waals surface area contributed by atoms with E-state index in [9.17, 15) is 4.79 Å². The summed E-state index contributed by atoms with van der Waals surface area (Å²) in [6, 6.07) is 18.0. The quantitative estimate of drug-likeness (QED) is 0.338. The van der Waals surface area contributed by atoms with Crippen LogP contribution in [0.15, 0.2) is 59.4 Å². The molecule has 1 aliphatic rings. The summed E-state index contributed by atoms with van der Waals surface area (Å²) in [7, 11) is 0. The fourth-order valence-electron chi connectivity index (χ4n) is 5.35. The Morgan fingerprint density at radius 3 is 2.67 bits per heavy atom. The second-order valence-electron chi connectivity index (χ2n) is 9.51. The van der Waals surface area contributed by atoms with Crippen LogP contribution in [-0.2, 0) is 6.54 Å². The van der Waals surface area contributed by atoms with Crippen LogP contribution in [0.25, 0.3) is 10.9 Å². The number of H-pyrrole nitrogens is 1. The maximum atomic E-state index is 13.6. The van der Waals surface area contributed by atoms with Gasteiger partial charge in [-0.05, 0) is 73.0 Å². The van der Waals surface area contributed by atoms with E-state index in [2.05, 4.69) is 56.6 Å². The van der Waals surface area contributed by atoms with Crippen LogP contribution >= 0.6 is 0 Å². The van der Waals surface area contributed by atoms with E-state index in [4.69, 9.17) is 4.74 Å². The molecule has 0 radical (unpaired) electrons. The van der Waals surface area contributed by atoms with E-state index in [1.807, 2.05) is 41.9 Å². The van der Waals surface area contributed by atoms with E-state index < -0.39 is 0 Å². The van der Waals surface area contributed by atoms with Gasteiger partial charge in [0, 0.05) is 23.0 Å². The van der Waals surface area contributed by atoms with Crippen molar-refractivity contribution in [3.63, 3.8) is 0 Å². The molecule has 4 aromatic rings. The Labute approximate surface area is 211 Å². The zero-order valence-corrected chi connectivity index (χ0v) is 21.1. The van der Waals surface area contributed by atoms with Crippen LogP contribution in [0, 0.1) is 0 Å². The van der Waals surface area contributed by atoms with Crippen LogP contribution in [0.1, 0.15) is 75.0 Å². The molecule has 0 aliphatic heterocycles. The van der Waals surface area contributed by atoms with Crippen molar-refractivity contribution in [1.82, 2.24) is 30.1 Å². The molecular weight excluding hydrogens is 452 g/mol. The first-order chi connectivity index (χ1) is 17.7. The Kier molecular flexibility index (Phi) is 7.41. The molecule has 0 bridgehead atoms. The highest BCUT2D eigenvalue weighted by Crippen LogP contribution is 2.34. The lowest BCUT2D eigenvalue weighted by atomic mass is 10.0. The summed E-state index contributed by atoms with van der Waals surface area (Å²) < 4.78 is 7.71. The van der Waals surface area contributed by atoms with Crippen LogP contribution in [-0.4, -0.2) is 43.2 Å². The molecule has 36 heavy (non-hydrogen) atoms. The van der Waals surface area contributed by atoms with E-state index in [0.717, 1.165) is 48.3 Å². The van der Waals surface area contributed by atoms with Gasteiger partial charge in [-0.25, -0.2) is 4.68 Å². The topological polar surface area (TPSA) is 88.9 Å². The highest BCUT2D eigenvalue weighted by atomic mass is 16.5. The summed E-state index contributed by atoms with van der Waals surface area (Å²) in [6.07, 6.45) is 5.41. The largest absolute Gasteiger partial charge is 0.494 e. The van der Waals surface area contributed by atoms with E-state index in [-0.39, 0.29) is 17.6 Å². The number of aromatic amines is 1. The molecule has 1 unspecified atom stereocenters. The minimum absolute atomic E-state index is 0.119. The van der Waals surface area contributed by atoms with Gasteiger partial charge in [0.25, 0.3) is 5.56 Å². The van der Waals surface area contributed by atoms with Crippen molar-refractivity contribution in [3.05, 3.63) is 81.9 Å². The summed E-state index contributed by atoms with van der Waals surface area (Å²) in [4.78, 5) is 19.0. The summed E-state index contributed by atoms with van der Waals surface area (Å²) in [5.41, 5.74) is 2.50. The molecule has 1 saturated carbocycles. The van der Waals surface area contributed by atoms with Gasteiger partial charge in [-0.3, -0.25) is 9.69 Å². The minimum Gasteiger partial charge on any atom is -0.494 e. The van der Waals surface area contributed by atoms with Gasteiger partial charge in [0.2, 0.25) is 0 Å². The molecule has 0 amide bonds. The van der Waals surface area contributed by atoms with Crippen molar-refractivity contribution in [2.45, 2.75) is 64.6 Å². The smallest absolute Gasteiger partial charge is 0.253 e. The van der Waals surface area contributed by atoms with Crippen LogP contribution in [0.3, 0.4) is 0 Å². The van der Waals surface area contributed by atoms with Gasteiger partial charge >= 0.3 is 0 Å². The first-order valence-electron chi connectivity index (χ1n) is 13.0. The Hall–Kier alpha value is -3.52. The molecule has 1 atom stereocenters. The average Bonchev–Trinajstić information content (AvgIpc) is 3.58. The molecule has 0 saturated heterocycles. The fourth-order valence-corrected chi connectivity index (χ4v) is 5.35. The SMILES string of the molecule is CCCN(Cc1ccccc1)C(c1cc2cc(OCC)ccc2[nH]c1=O)c1nnnn1C1CCCC1. The predicted octanol–water partition coefficient (Wildman–Crippen LogP) is 5.03. The van der Waals surface area contributed by atoms with Gasteiger partial charge in [0.15, 0.2) is 5.82 Å². The van der Waals surface area contributed by atoms with Gasteiger partial charge in [-0.2, -0.15) is 0 Å². The van der Waals surface area contributed by atoms with Crippen molar-refractivity contribution in [2.75, 3.05) is 13.2 Å². The number of hydrogen-bond donors (Lipinski definition) is 1. The molecule has 5 rings (SSSR count). The normalized spacial score (nSPS) is 15.1. The molecular formula is C28H34N6O2. The zero-order chi connectivity index (χ0) is 24.9. The Bertz CT molecular complexity index is 1340. The number of fused-ring (bicyclic) bond motifs is 1. The maximum Gasteiger partial charge on any atom is 0.253 e. The number of nitrogens with one attached hydrogen (secondary N) is 1. The third kappa shape index (κ3) is 5.04. The lowest BCUT2D eigenvalue weighted by molar-refractivity contribution is 0.199. The summed E-state index contributed by atoms with van der Waals surface area (Å²) in [5.74, 6) is 1.52. The van der Waals surface area contributed by atoms with Crippen molar-refractivity contribution in [1.29, 1.82) is 0 Å². The van der Waals surface area contributed by atoms with Crippen molar-refractivity contribution in [2.24, 2.45) is 0 Å². The lowest BCUT2D eigenvalue weighted by Gasteiger charge is -2.31. The Morgan fingerprint density at radius 1 is 1.11 bits per heavy atom. The van der Waals surface area contributed by atoms with Gasteiger partial charge in [0.1, 0.15) is 11.8 Å². The first-order valence-corrected chi connectivity index (χ1v) is 13.0. The molecule has 0 spiro atoms. The second kappa shape index (κ2) is 11.0. The van der Waals surface area contributed by atoms with Crippen molar-refractivity contribution >= 4 is 10.9 Å². The van der Waals surface area contributed by atoms with Gasteiger partial charge < -0.3 is 9.72 Å². The monoisotopic (exact) mass is 486 g/mol. The molecule has 1 aliphatic carbocycles. The first kappa shape index (κ1) is 24.2. The average molecular weight is 487 g/mol. The number of ether oxygens (including phenoxy) is 1. The van der Waals surface area contributed by atoms with E-state index in [1.165, 1.54) is 18.4 Å². The predicted molar refractivity (Wildman–Crippen MR) is 140 cm³/mol. The molecule has 2 aromatic heterocycles. The van der Waals surface area contributed by atoms with Crippen LogP contribution in [0.4, 0.5) is 0 Å². The molecule has 2 heterocycles. The Balaban J connectivity index is 1.66. The molecule has 1 fully saturated rings. The number of pyridine rings is 1. The van der Waals surface area contributed by atoms with Crippen LogP contribution in [0.2, 0.25) is 0 Å². The molecule has 8 nitrogen and oxygen atoms in total. The van der Waals surface area contributed by atoms with Gasteiger partial charge in [0.05, 0.1) is 12.6 Å². The fraction of sp³-hybridized carbons (Fsp3) is 0.429.